The van der Waals surface area contributed by atoms with Crippen LogP contribution in [0.4, 0.5) is 4.79 Å². The number of hydrogen-bond donors (Lipinski definition) is 1. The molecule has 2 fully saturated rings. The molecule has 1 saturated carbocycles. The number of ether oxygens (including phenoxy) is 1. The van der Waals surface area contributed by atoms with Crippen molar-refractivity contribution in [3.63, 3.8) is 0 Å². The molecule has 33 heavy (non-hydrogen) atoms. The van der Waals surface area contributed by atoms with Crippen molar-refractivity contribution in [1.82, 2.24) is 39.5 Å². The van der Waals surface area contributed by atoms with Crippen LogP contribution >= 0.6 is 0 Å². The smallest absolute Gasteiger partial charge is 0.317 e. The van der Waals surface area contributed by atoms with Crippen LogP contribution in [0.3, 0.4) is 0 Å². The van der Waals surface area contributed by atoms with Crippen molar-refractivity contribution in [1.29, 1.82) is 0 Å². The van der Waals surface area contributed by atoms with Crippen LogP contribution in [-0.2, 0) is 13.6 Å². The van der Waals surface area contributed by atoms with Gasteiger partial charge in [0.05, 0.1) is 18.3 Å². The number of fused-ring (bicyclic) bond motifs is 1. The number of rotatable bonds is 5. The minimum atomic E-state index is -0.116. The van der Waals surface area contributed by atoms with Crippen LogP contribution < -0.4 is 10.1 Å². The van der Waals surface area contributed by atoms with Crippen LogP contribution in [0.2, 0.25) is 0 Å². The summed E-state index contributed by atoms with van der Waals surface area (Å²) in [6.07, 6.45) is 9.84. The number of amides is 2. The van der Waals surface area contributed by atoms with Gasteiger partial charge < -0.3 is 19.5 Å². The van der Waals surface area contributed by atoms with Gasteiger partial charge in [0.2, 0.25) is 5.88 Å². The zero-order valence-corrected chi connectivity index (χ0v) is 19.6. The Labute approximate surface area is 193 Å². The first-order valence-electron chi connectivity index (χ1n) is 12.0. The summed E-state index contributed by atoms with van der Waals surface area (Å²) >= 11 is 0. The van der Waals surface area contributed by atoms with Gasteiger partial charge in [0.15, 0.2) is 11.2 Å². The number of hydrogen-bond acceptors (Lipinski definition) is 6. The Morgan fingerprint density at radius 2 is 2.03 bits per heavy atom. The Hall–Kier alpha value is -3.17. The molecule has 0 radical (unpaired) electrons. The second kappa shape index (κ2) is 8.99. The number of likely N-dealkylation sites (tertiary alicyclic amines) is 1. The fraction of sp³-hybridized carbons (Fsp3) is 0.609. The first kappa shape index (κ1) is 21.7. The van der Waals surface area contributed by atoms with Crippen molar-refractivity contribution in [3.8, 4) is 17.3 Å². The number of urea groups is 1. The molecule has 1 saturated heterocycles. The fourth-order valence-corrected chi connectivity index (χ4v) is 4.97. The topological polar surface area (TPSA) is 103 Å². The van der Waals surface area contributed by atoms with Crippen molar-refractivity contribution >= 4 is 17.2 Å². The Morgan fingerprint density at radius 1 is 1.21 bits per heavy atom. The number of aromatic nitrogens is 6. The second-order valence-electron chi connectivity index (χ2n) is 9.06. The van der Waals surface area contributed by atoms with Gasteiger partial charge in [-0.2, -0.15) is 10.1 Å². The van der Waals surface area contributed by atoms with E-state index in [4.69, 9.17) is 9.72 Å². The molecule has 3 aromatic heterocycles. The average Bonchev–Trinajstić information content (AvgIpc) is 3.53. The minimum absolute atomic E-state index is 0.0179. The summed E-state index contributed by atoms with van der Waals surface area (Å²) < 4.78 is 10.1. The maximum absolute atomic E-state index is 12.7. The zero-order valence-electron chi connectivity index (χ0n) is 19.6. The van der Waals surface area contributed by atoms with Crippen LogP contribution in [0.1, 0.15) is 51.1 Å². The van der Waals surface area contributed by atoms with E-state index in [0.29, 0.717) is 36.2 Å². The summed E-state index contributed by atoms with van der Waals surface area (Å²) in [7, 11) is 1.94. The van der Waals surface area contributed by atoms with Crippen LogP contribution in [0.5, 0.6) is 5.88 Å². The molecule has 3 aromatic rings. The van der Waals surface area contributed by atoms with E-state index in [2.05, 4.69) is 27.3 Å². The lowest BCUT2D eigenvalue weighted by Crippen LogP contribution is -2.45. The number of carbonyl (C=O) groups is 1. The van der Waals surface area contributed by atoms with E-state index in [1.807, 2.05) is 34.3 Å². The van der Waals surface area contributed by atoms with E-state index in [1.54, 1.807) is 0 Å². The summed E-state index contributed by atoms with van der Waals surface area (Å²) in [6, 6.07) is 0.324. The van der Waals surface area contributed by atoms with Gasteiger partial charge in [0.25, 0.3) is 0 Å². The maximum Gasteiger partial charge on any atom is 0.317 e. The summed E-state index contributed by atoms with van der Waals surface area (Å²) in [5.74, 6) is 1.24. The second-order valence-corrected chi connectivity index (χ2v) is 9.06. The molecule has 1 unspecified atom stereocenters. The van der Waals surface area contributed by atoms with E-state index in [1.165, 1.54) is 25.6 Å². The summed E-state index contributed by atoms with van der Waals surface area (Å²) in [5.41, 5.74) is 3.36. The Bertz CT molecular complexity index is 1150. The van der Waals surface area contributed by atoms with Crippen LogP contribution in [0, 0.1) is 6.92 Å². The van der Waals surface area contributed by atoms with Crippen molar-refractivity contribution in [2.45, 2.75) is 71.1 Å². The van der Waals surface area contributed by atoms with Crippen molar-refractivity contribution < 1.29 is 9.53 Å². The van der Waals surface area contributed by atoms with E-state index < -0.39 is 0 Å². The van der Waals surface area contributed by atoms with Gasteiger partial charge >= 0.3 is 6.03 Å². The van der Waals surface area contributed by atoms with Crippen LogP contribution in [-0.4, -0.2) is 65.5 Å². The average molecular weight is 453 g/mol. The Kier molecular flexibility index (Phi) is 5.90. The molecule has 0 aromatic carbocycles. The third kappa shape index (κ3) is 4.14. The van der Waals surface area contributed by atoms with Crippen molar-refractivity contribution in [3.05, 3.63) is 18.2 Å². The third-order valence-electron chi connectivity index (χ3n) is 6.91. The van der Waals surface area contributed by atoms with Crippen LogP contribution in [0.15, 0.2) is 12.5 Å². The predicted octanol–water partition coefficient (Wildman–Crippen LogP) is 3.05. The van der Waals surface area contributed by atoms with E-state index in [9.17, 15) is 4.79 Å². The lowest BCUT2D eigenvalue weighted by molar-refractivity contribution is 0.180. The van der Waals surface area contributed by atoms with Gasteiger partial charge in [0.1, 0.15) is 18.3 Å². The predicted molar refractivity (Wildman–Crippen MR) is 124 cm³/mol. The molecule has 5 rings (SSSR count). The summed E-state index contributed by atoms with van der Waals surface area (Å²) in [6.45, 7) is 6.14. The quantitative estimate of drug-likeness (QED) is 0.638. The first-order valence-corrected chi connectivity index (χ1v) is 12.0. The third-order valence-corrected chi connectivity index (χ3v) is 6.91. The Balaban J connectivity index is 1.31. The van der Waals surface area contributed by atoms with E-state index in [-0.39, 0.29) is 12.1 Å². The fourth-order valence-electron chi connectivity index (χ4n) is 4.97. The minimum Gasteiger partial charge on any atom is -0.471 e. The number of nitrogens with one attached hydrogen (secondary N) is 1. The number of nitrogens with zero attached hydrogens (tertiary/aromatic N) is 7. The van der Waals surface area contributed by atoms with Crippen molar-refractivity contribution in [2.75, 3.05) is 13.1 Å². The summed E-state index contributed by atoms with van der Waals surface area (Å²) in [4.78, 5) is 28.2. The maximum atomic E-state index is 12.7. The van der Waals surface area contributed by atoms with E-state index in [0.717, 1.165) is 42.9 Å². The molecular weight excluding hydrogens is 420 g/mol. The Morgan fingerprint density at radius 3 is 2.79 bits per heavy atom. The molecule has 4 heterocycles. The standard InChI is InChI=1S/C23H32N8O2/c1-4-31-15(2)18(12-26-31)20-28-19-21(29(20)3)24-14-25-22(19)33-17-10-11-30(13-17)23(32)27-16-8-6-5-7-9-16/h12,14,16-17H,4-11,13H2,1-3H3,(H,27,32). The molecule has 2 amide bonds. The molecule has 1 aliphatic carbocycles. The molecule has 2 aliphatic rings. The first-order chi connectivity index (χ1) is 16.0. The van der Waals surface area contributed by atoms with E-state index >= 15 is 0 Å². The number of imidazole rings is 1. The van der Waals surface area contributed by atoms with Gasteiger partial charge in [-0.25, -0.2) is 14.8 Å². The normalized spacial score (nSPS) is 19.4. The monoisotopic (exact) mass is 452 g/mol. The highest BCUT2D eigenvalue weighted by molar-refractivity contribution is 5.81. The number of aryl methyl sites for hydroxylation is 2. The number of carbonyl (C=O) groups excluding carboxylic acids is 1. The SMILES string of the molecule is CCn1ncc(-c2nc3c(OC4CCN(C(=O)NC5CCCCC5)C4)ncnc3n2C)c1C. The molecule has 1 aliphatic heterocycles. The highest BCUT2D eigenvalue weighted by Gasteiger charge is 2.30. The molecule has 10 heteroatoms. The van der Waals surface area contributed by atoms with Gasteiger partial charge in [-0.05, 0) is 26.7 Å². The van der Waals surface area contributed by atoms with Gasteiger partial charge in [-0.15, -0.1) is 0 Å². The molecule has 176 valence electrons. The van der Waals surface area contributed by atoms with Crippen LogP contribution in [0.25, 0.3) is 22.6 Å². The highest BCUT2D eigenvalue weighted by Crippen LogP contribution is 2.30. The zero-order chi connectivity index (χ0) is 22.9. The molecule has 10 nitrogen and oxygen atoms in total. The molecule has 1 N–H and O–H groups in total. The van der Waals surface area contributed by atoms with Crippen molar-refractivity contribution in [2.24, 2.45) is 7.05 Å². The molecular formula is C23H32N8O2. The summed E-state index contributed by atoms with van der Waals surface area (Å²) in [5, 5.41) is 7.64. The highest BCUT2D eigenvalue weighted by atomic mass is 16.5. The molecule has 0 bridgehead atoms. The molecule has 0 spiro atoms. The van der Waals surface area contributed by atoms with Gasteiger partial charge in [-0.3, -0.25) is 4.68 Å². The molecule has 1 atom stereocenters. The van der Waals surface area contributed by atoms with Gasteiger partial charge in [0, 0.05) is 38.3 Å². The largest absolute Gasteiger partial charge is 0.471 e. The van der Waals surface area contributed by atoms with Gasteiger partial charge in [-0.1, -0.05) is 19.3 Å². The lowest BCUT2D eigenvalue weighted by atomic mass is 9.96. The lowest BCUT2D eigenvalue weighted by Gasteiger charge is -2.26.